The Morgan fingerprint density at radius 3 is 2.29 bits per heavy atom. The van der Waals surface area contributed by atoms with E-state index in [1.54, 1.807) is 4.90 Å². The predicted molar refractivity (Wildman–Crippen MR) is 110 cm³/mol. The third kappa shape index (κ3) is 5.72. The molecule has 0 unspecified atom stereocenters. The van der Waals surface area contributed by atoms with Crippen molar-refractivity contribution in [1.82, 2.24) is 9.88 Å². The topological polar surface area (TPSA) is 62.7 Å². The number of carbonyl (C=O) groups excluding carboxylic acids is 2. The Labute approximate surface area is 190 Å². The van der Waals surface area contributed by atoms with Gasteiger partial charge in [0.15, 0.2) is 6.61 Å². The van der Waals surface area contributed by atoms with E-state index in [1.165, 1.54) is 23.1 Å². The number of benzene rings is 1. The van der Waals surface area contributed by atoms with Crippen LogP contribution in [0.4, 0.5) is 19.0 Å². The van der Waals surface area contributed by atoms with Gasteiger partial charge in [0.2, 0.25) is 0 Å². The van der Waals surface area contributed by atoms with E-state index in [4.69, 9.17) is 39.5 Å². The zero-order valence-corrected chi connectivity index (χ0v) is 18.0. The summed E-state index contributed by atoms with van der Waals surface area (Å²) in [6.07, 6.45) is -3.81. The van der Waals surface area contributed by atoms with Crippen molar-refractivity contribution in [3.63, 3.8) is 0 Å². The first-order chi connectivity index (χ1) is 14.6. The van der Waals surface area contributed by atoms with Gasteiger partial charge in [-0.25, -0.2) is 9.78 Å². The number of hydrogen-bond donors (Lipinski definition) is 0. The van der Waals surface area contributed by atoms with Crippen molar-refractivity contribution in [3.05, 3.63) is 56.7 Å². The van der Waals surface area contributed by atoms with Crippen LogP contribution in [0.1, 0.15) is 15.9 Å². The molecule has 1 aliphatic heterocycles. The minimum Gasteiger partial charge on any atom is -0.452 e. The van der Waals surface area contributed by atoms with E-state index in [9.17, 15) is 22.8 Å². The smallest absolute Gasteiger partial charge is 0.417 e. The van der Waals surface area contributed by atoms with Gasteiger partial charge >= 0.3 is 12.1 Å². The molecule has 6 nitrogen and oxygen atoms in total. The van der Waals surface area contributed by atoms with E-state index in [-0.39, 0.29) is 34.5 Å². The molecule has 0 N–H and O–H groups in total. The second-order valence-electron chi connectivity index (χ2n) is 6.60. The number of piperazine rings is 1. The normalized spacial score (nSPS) is 14.5. The van der Waals surface area contributed by atoms with Crippen LogP contribution in [0, 0.1) is 0 Å². The van der Waals surface area contributed by atoms with Gasteiger partial charge < -0.3 is 14.5 Å². The highest BCUT2D eigenvalue weighted by Crippen LogP contribution is 2.33. The Morgan fingerprint density at radius 1 is 1.03 bits per heavy atom. The Bertz CT molecular complexity index is 996. The summed E-state index contributed by atoms with van der Waals surface area (Å²) in [6.45, 7) is 0.660. The highest BCUT2D eigenvalue weighted by molar-refractivity contribution is 6.36. The van der Waals surface area contributed by atoms with Crippen molar-refractivity contribution in [2.24, 2.45) is 0 Å². The zero-order valence-electron chi connectivity index (χ0n) is 15.8. The Balaban J connectivity index is 1.53. The number of carbonyl (C=O) groups is 2. The number of nitrogens with zero attached hydrogens (tertiary/aromatic N) is 3. The number of pyridine rings is 1. The molecule has 0 radical (unpaired) electrons. The molecule has 31 heavy (non-hydrogen) atoms. The highest BCUT2D eigenvalue weighted by atomic mass is 35.5. The first-order valence-corrected chi connectivity index (χ1v) is 10.1. The number of anilines is 1. The van der Waals surface area contributed by atoms with E-state index in [0.717, 1.165) is 12.3 Å². The number of esters is 1. The first kappa shape index (κ1) is 23.4. The Kier molecular flexibility index (Phi) is 7.18. The number of ether oxygens (including phenoxy) is 1. The van der Waals surface area contributed by atoms with E-state index in [0.29, 0.717) is 18.1 Å². The van der Waals surface area contributed by atoms with E-state index in [2.05, 4.69) is 4.98 Å². The number of aromatic nitrogens is 1. The quantitative estimate of drug-likeness (QED) is 0.581. The SMILES string of the molecule is O=C(OCC(=O)N1CCN(c2ncc(C(F)(F)F)cc2Cl)CC1)c1ccc(Cl)cc1Cl. The van der Waals surface area contributed by atoms with Gasteiger partial charge in [-0.15, -0.1) is 0 Å². The molecule has 0 saturated carbocycles. The maximum Gasteiger partial charge on any atom is 0.417 e. The molecule has 0 bridgehead atoms. The fourth-order valence-electron chi connectivity index (χ4n) is 2.94. The van der Waals surface area contributed by atoms with Crippen molar-refractivity contribution in [2.45, 2.75) is 6.18 Å². The van der Waals surface area contributed by atoms with Crippen LogP contribution in [0.3, 0.4) is 0 Å². The zero-order chi connectivity index (χ0) is 22.8. The Morgan fingerprint density at radius 2 is 1.71 bits per heavy atom. The van der Waals surface area contributed by atoms with Crippen molar-refractivity contribution in [3.8, 4) is 0 Å². The molecule has 0 spiro atoms. The maximum absolute atomic E-state index is 12.8. The summed E-state index contributed by atoms with van der Waals surface area (Å²) >= 11 is 17.7. The van der Waals surface area contributed by atoms with Crippen LogP contribution < -0.4 is 4.90 Å². The Hall–Kier alpha value is -2.23. The molecular weight excluding hydrogens is 482 g/mol. The van der Waals surface area contributed by atoms with E-state index in [1.807, 2.05) is 0 Å². The number of rotatable bonds is 4. The molecule has 3 rings (SSSR count). The van der Waals surface area contributed by atoms with Crippen LogP contribution in [-0.2, 0) is 15.7 Å². The molecule has 1 aromatic heterocycles. The van der Waals surface area contributed by atoms with Crippen LogP contribution in [0.5, 0.6) is 0 Å². The lowest BCUT2D eigenvalue weighted by atomic mass is 10.2. The monoisotopic (exact) mass is 495 g/mol. The lowest BCUT2D eigenvalue weighted by molar-refractivity contribution is -0.138. The summed E-state index contributed by atoms with van der Waals surface area (Å²) in [7, 11) is 0. The summed E-state index contributed by atoms with van der Waals surface area (Å²) in [5.41, 5.74) is -0.843. The van der Waals surface area contributed by atoms with Gasteiger partial charge in [-0.05, 0) is 24.3 Å². The van der Waals surface area contributed by atoms with Crippen molar-refractivity contribution >= 4 is 52.5 Å². The third-order valence-electron chi connectivity index (χ3n) is 4.56. The van der Waals surface area contributed by atoms with Crippen LogP contribution in [0.2, 0.25) is 15.1 Å². The highest BCUT2D eigenvalue weighted by Gasteiger charge is 2.32. The van der Waals surface area contributed by atoms with Gasteiger partial charge in [0.25, 0.3) is 5.91 Å². The lowest BCUT2D eigenvalue weighted by Gasteiger charge is -2.35. The average Bonchev–Trinajstić information content (AvgIpc) is 2.71. The van der Waals surface area contributed by atoms with Crippen LogP contribution in [-0.4, -0.2) is 54.5 Å². The third-order valence-corrected chi connectivity index (χ3v) is 5.38. The number of halogens is 6. The summed E-state index contributed by atoms with van der Waals surface area (Å²) in [4.78, 5) is 31.4. The lowest BCUT2D eigenvalue weighted by Crippen LogP contribution is -2.50. The number of amides is 1. The second-order valence-corrected chi connectivity index (χ2v) is 7.85. The molecule has 0 atom stereocenters. The van der Waals surface area contributed by atoms with E-state index < -0.39 is 30.2 Å². The molecular formula is C19H15Cl3F3N3O3. The predicted octanol–water partition coefficient (Wildman–Crippen LogP) is 4.57. The molecule has 2 heterocycles. The maximum atomic E-state index is 12.8. The summed E-state index contributed by atoms with van der Waals surface area (Å²) in [5, 5.41) is 0.348. The molecule has 12 heteroatoms. The van der Waals surface area contributed by atoms with Crippen molar-refractivity contribution < 1.29 is 27.5 Å². The molecule has 1 amide bonds. The largest absolute Gasteiger partial charge is 0.452 e. The molecule has 166 valence electrons. The summed E-state index contributed by atoms with van der Waals surface area (Å²) < 4.78 is 43.3. The molecule has 1 aromatic carbocycles. The van der Waals surface area contributed by atoms with Gasteiger partial charge in [-0.3, -0.25) is 4.79 Å². The van der Waals surface area contributed by atoms with Gasteiger partial charge in [0, 0.05) is 37.4 Å². The van der Waals surface area contributed by atoms with Gasteiger partial charge in [-0.1, -0.05) is 34.8 Å². The van der Waals surface area contributed by atoms with Gasteiger partial charge in [-0.2, -0.15) is 13.2 Å². The fourth-order valence-corrected chi connectivity index (χ4v) is 3.71. The molecule has 1 saturated heterocycles. The summed E-state index contributed by atoms with van der Waals surface area (Å²) in [6, 6.07) is 5.09. The number of alkyl halides is 3. The van der Waals surface area contributed by atoms with Gasteiger partial charge in [0.05, 0.1) is 21.2 Å². The average molecular weight is 497 g/mol. The van der Waals surface area contributed by atoms with Crippen molar-refractivity contribution in [2.75, 3.05) is 37.7 Å². The second kappa shape index (κ2) is 9.50. The van der Waals surface area contributed by atoms with Crippen molar-refractivity contribution in [1.29, 1.82) is 0 Å². The molecule has 1 fully saturated rings. The van der Waals surface area contributed by atoms with Gasteiger partial charge in [0.1, 0.15) is 5.82 Å². The minimum absolute atomic E-state index is 0.0895. The number of hydrogen-bond acceptors (Lipinski definition) is 5. The molecule has 2 aromatic rings. The van der Waals surface area contributed by atoms with Crippen LogP contribution in [0.15, 0.2) is 30.5 Å². The fraction of sp³-hybridized carbons (Fsp3) is 0.316. The summed E-state index contributed by atoms with van der Waals surface area (Å²) in [5.74, 6) is -0.954. The first-order valence-electron chi connectivity index (χ1n) is 8.94. The van der Waals surface area contributed by atoms with E-state index >= 15 is 0 Å². The molecule has 1 aliphatic rings. The minimum atomic E-state index is -4.53. The standard InChI is InChI=1S/C19H15Cl3F3N3O3/c20-12-1-2-13(14(21)8-12)18(30)31-10-16(29)27-3-5-28(6-4-27)17-15(22)7-11(9-26-17)19(23,24)25/h1-2,7-9H,3-6,10H2. The molecule has 0 aliphatic carbocycles. The van der Waals surface area contributed by atoms with Crippen LogP contribution >= 0.6 is 34.8 Å². The van der Waals surface area contributed by atoms with Crippen LogP contribution in [0.25, 0.3) is 0 Å².